The van der Waals surface area contributed by atoms with Crippen molar-refractivity contribution in [3.05, 3.63) is 47.8 Å². The fourth-order valence-corrected chi connectivity index (χ4v) is 3.15. The molecule has 0 radical (unpaired) electrons. The van der Waals surface area contributed by atoms with E-state index in [0.29, 0.717) is 6.54 Å². The summed E-state index contributed by atoms with van der Waals surface area (Å²) < 4.78 is 1.74. The highest BCUT2D eigenvalue weighted by molar-refractivity contribution is 5.85. The number of halogens is 1. The van der Waals surface area contributed by atoms with Crippen LogP contribution in [0.5, 0.6) is 0 Å². The second kappa shape index (κ2) is 8.20. The molecule has 0 saturated carbocycles. The van der Waals surface area contributed by atoms with Gasteiger partial charge in [0.25, 0.3) is 0 Å². The van der Waals surface area contributed by atoms with E-state index in [4.69, 9.17) is 5.73 Å². The second-order valence-corrected chi connectivity index (χ2v) is 5.99. The minimum Gasteiger partial charge on any atom is -0.465 e. The number of nitrogens with two attached hydrogens (primary N) is 1. The van der Waals surface area contributed by atoms with E-state index in [0.717, 1.165) is 17.1 Å². The van der Waals surface area contributed by atoms with Crippen LogP contribution >= 0.6 is 12.4 Å². The molecule has 0 spiro atoms. The quantitative estimate of drug-likeness (QED) is 0.839. The Morgan fingerprint density at radius 2 is 1.96 bits per heavy atom. The number of carbonyl (C=O) groups is 2. The van der Waals surface area contributed by atoms with Crippen LogP contribution < -0.4 is 5.73 Å². The molecule has 1 aliphatic heterocycles. The van der Waals surface area contributed by atoms with Crippen LogP contribution in [0, 0.1) is 6.92 Å². The number of aryl methyl sites for hydroxylation is 1. The number of hydrogen-bond donors (Lipinski definition) is 2. The van der Waals surface area contributed by atoms with Gasteiger partial charge in [-0.3, -0.25) is 9.69 Å². The van der Waals surface area contributed by atoms with Crippen LogP contribution in [0.4, 0.5) is 4.79 Å². The van der Waals surface area contributed by atoms with Gasteiger partial charge in [0.15, 0.2) is 0 Å². The molecule has 0 aliphatic carbocycles. The molecule has 2 amide bonds. The number of benzene rings is 1. The van der Waals surface area contributed by atoms with Crippen LogP contribution in [-0.2, 0) is 4.79 Å². The Morgan fingerprint density at radius 3 is 2.58 bits per heavy atom. The number of amides is 2. The minimum atomic E-state index is -1.01. The van der Waals surface area contributed by atoms with Crippen molar-refractivity contribution in [3.8, 4) is 5.69 Å². The zero-order chi connectivity index (χ0) is 18.0. The molecular formula is C17H22ClN5O3. The number of para-hydroxylation sites is 1. The fourth-order valence-electron chi connectivity index (χ4n) is 3.15. The summed E-state index contributed by atoms with van der Waals surface area (Å²) in [7, 11) is 0. The Balaban J connectivity index is 0.00000243. The lowest BCUT2D eigenvalue weighted by Gasteiger charge is -2.39. The molecule has 2 aromatic rings. The van der Waals surface area contributed by atoms with Gasteiger partial charge in [0.1, 0.15) is 0 Å². The SMILES string of the molecule is Cc1cc(C2CN(C(=O)CN)CCN2C(=O)O)n(-c2ccccc2)n1.Cl. The summed E-state index contributed by atoms with van der Waals surface area (Å²) in [5, 5.41) is 14.1. The van der Waals surface area contributed by atoms with Crippen LogP contribution in [-0.4, -0.2) is 62.9 Å². The van der Waals surface area contributed by atoms with E-state index in [1.807, 2.05) is 43.3 Å². The standard InChI is InChI=1S/C17H21N5O3.ClH/c1-12-9-14(22(19-12)13-5-3-2-4-6-13)15-11-20(16(23)10-18)7-8-21(15)17(24)25;/h2-6,9,15H,7-8,10-11,18H2,1H3,(H,24,25);1H. The van der Waals surface area contributed by atoms with Crippen LogP contribution in [0.1, 0.15) is 17.4 Å². The molecule has 1 unspecified atom stereocenters. The van der Waals surface area contributed by atoms with Crippen LogP contribution in [0.15, 0.2) is 36.4 Å². The lowest BCUT2D eigenvalue weighted by molar-refractivity contribution is -0.132. The van der Waals surface area contributed by atoms with Crippen molar-refractivity contribution in [1.82, 2.24) is 19.6 Å². The van der Waals surface area contributed by atoms with Crippen molar-refractivity contribution >= 4 is 24.4 Å². The third kappa shape index (κ3) is 3.81. The van der Waals surface area contributed by atoms with E-state index in [2.05, 4.69) is 5.10 Å². The van der Waals surface area contributed by atoms with Crippen molar-refractivity contribution in [2.45, 2.75) is 13.0 Å². The normalized spacial score (nSPS) is 16.9. The number of nitrogens with zero attached hydrogens (tertiary/aromatic N) is 4. The largest absolute Gasteiger partial charge is 0.465 e. The number of carbonyl (C=O) groups excluding carboxylic acids is 1. The number of carboxylic acid groups (broad SMARTS) is 1. The van der Waals surface area contributed by atoms with Crippen LogP contribution in [0.25, 0.3) is 5.69 Å². The molecule has 2 heterocycles. The maximum absolute atomic E-state index is 12.0. The summed E-state index contributed by atoms with van der Waals surface area (Å²) in [6, 6.07) is 10.9. The monoisotopic (exact) mass is 379 g/mol. The Kier molecular flexibility index (Phi) is 6.23. The van der Waals surface area contributed by atoms with Gasteiger partial charge in [-0.05, 0) is 25.1 Å². The summed E-state index contributed by atoms with van der Waals surface area (Å²) in [6.45, 7) is 2.62. The molecule has 140 valence electrons. The van der Waals surface area contributed by atoms with Crippen molar-refractivity contribution in [2.24, 2.45) is 5.73 Å². The third-order valence-corrected chi connectivity index (χ3v) is 4.35. The molecule has 1 fully saturated rings. The zero-order valence-electron chi connectivity index (χ0n) is 14.4. The first-order valence-corrected chi connectivity index (χ1v) is 8.10. The summed E-state index contributed by atoms with van der Waals surface area (Å²) in [4.78, 5) is 26.7. The predicted molar refractivity (Wildman–Crippen MR) is 98.7 cm³/mol. The number of hydrogen-bond acceptors (Lipinski definition) is 4. The van der Waals surface area contributed by atoms with Crippen molar-refractivity contribution in [2.75, 3.05) is 26.2 Å². The average Bonchev–Trinajstić information content (AvgIpc) is 3.03. The summed E-state index contributed by atoms with van der Waals surface area (Å²) in [5.74, 6) is -0.183. The smallest absolute Gasteiger partial charge is 0.407 e. The maximum Gasteiger partial charge on any atom is 0.407 e. The summed E-state index contributed by atoms with van der Waals surface area (Å²) >= 11 is 0. The zero-order valence-corrected chi connectivity index (χ0v) is 15.2. The average molecular weight is 380 g/mol. The fraction of sp³-hybridized carbons (Fsp3) is 0.353. The molecule has 3 rings (SSSR count). The Morgan fingerprint density at radius 1 is 1.27 bits per heavy atom. The van der Waals surface area contributed by atoms with Gasteiger partial charge in [-0.1, -0.05) is 18.2 Å². The molecule has 0 bridgehead atoms. The van der Waals surface area contributed by atoms with E-state index in [1.165, 1.54) is 4.90 Å². The Hall–Kier alpha value is -2.58. The lowest BCUT2D eigenvalue weighted by Crippen LogP contribution is -2.53. The van der Waals surface area contributed by atoms with Crippen molar-refractivity contribution in [1.29, 1.82) is 0 Å². The van der Waals surface area contributed by atoms with Gasteiger partial charge in [-0.15, -0.1) is 12.4 Å². The van der Waals surface area contributed by atoms with Gasteiger partial charge in [-0.2, -0.15) is 5.10 Å². The molecule has 1 saturated heterocycles. The highest BCUT2D eigenvalue weighted by Gasteiger charge is 2.35. The van der Waals surface area contributed by atoms with E-state index < -0.39 is 12.1 Å². The molecule has 1 aromatic carbocycles. The number of rotatable bonds is 3. The minimum absolute atomic E-state index is 0. The topological polar surface area (TPSA) is 105 Å². The Bertz CT molecular complexity index is 780. The number of piperazine rings is 1. The van der Waals surface area contributed by atoms with Crippen molar-refractivity contribution in [3.63, 3.8) is 0 Å². The molecule has 3 N–H and O–H groups in total. The number of aromatic nitrogens is 2. The first kappa shape index (κ1) is 19.7. The Labute approximate surface area is 157 Å². The van der Waals surface area contributed by atoms with E-state index in [1.54, 1.807) is 9.58 Å². The predicted octanol–water partition coefficient (Wildman–Crippen LogP) is 1.42. The van der Waals surface area contributed by atoms with Crippen LogP contribution in [0.3, 0.4) is 0 Å². The second-order valence-electron chi connectivity index (χ2n) is 5.99. The highest BCUT2D eigenvalue weighted by atomic mass is 35.5. The van der Waals surface area contributed by atoms with Gasteiger partial charge >= 0.3 is 6.09 Å². The molecule has 26 heavy (non-hydrogen) atoms. The first-order valence-electron chi connectivity index (χ1n) is 8.10. The maximum atomic E-state index is 12.0. The van der Waals surface area contributed by atoms with Crippen LogP contribution in [0.2, 0.25) is 0 Å². The van der Waals surface area contributed by atoms with E-state index >= 15 is 0 Å². The first-order chi connectivity index (χ1) is 12.0. The summed E-state index contributed by atoms with van der Waals surface area (Å²) in [5.41, 5.74) is 7.83. The lowest BCUT2D eigenvalue weighted by atomic mass is 10.1. The van der Waals surface area contributed by atoms with E-state index in [9.17, 15) is 14.7 Å². The third-order valence-electron chi connectivity index (χ3n) is 4.35. The van der Waals surface area contributed by atoms with Gasteiger partial charge in [0, 0.05) is 19.6 Å². The molecular weight excluding hydrogens is 358 g/mol. The molecule has 9 heteroatoms. The van der Waals surface area contributed by atoms with Gasteiger partial charge < -0.3 is 15.7 Å². The molecule has 1 aromatic heterocycles. The van der Waals surface area contributed by atoms with Crippen molar-refractivity contribution < 1.29 is 14.7 Å². The van der Waals surface area contributed by atoms with E-state index in [-0.39, 0.29) is 37.9 Å². The molecule has 8 nitrogen and oxygen atoms in total. The molecule has 1 aliphatic rings. The van der Waals surface area contributed by atoms with Gasteiger partial charge in [-0.25, -0.2) is 9.48 Å². The van der Waals surface area contributed by atoms with Gasteiger partial charge in [0.05, 0.1) is 29.7 Å². The highest BCUT2D eigenvalue weighted by Crippen LogP contribution is 2.28. The summed E-state index contributed by atoms with van der Waals surface area (Å²) in [6.07, 6.45) is -1.01. The molecule has 1 atom stereocenters. The van der Waals surface area contributed by atoms with Gasteiger partial charge in [0.2, 0.25) is 5.91 Å².